The normalized spacial score (nSPS) is 11.9. The Morgan fingerprint density at radius 1 is 1.22 bits per heavy atom. The SMILES string of the molecule is O=S(=O)(NCCc1nnc2ccccn12)c1ccc(F)cc1Br. The third-order valence-corrected chi connectivity index (χ3v) is 5.65. The molecule has 120 valence electrons. The van der Waals surface area contributed by atoms with Gasteiger partial charge in [0.15, 0.2) is 5.65 Å². The van der Waals surface area contributed by atoms with Gasteiger partial charge in [0, 0.05) is 23.6 Å². The second kappa shape index (κ2) is 6.34. The molecule has 1 aromatic carbocycles. The lowest BCUT2D eigenvalue weighted by Gasteiger charge is -2.08. The highest BCUT2D eigenvalue weighted by atomic mass is 79.9. The van der Waals surface area contributed by atoms with E-state index in [9.17, 15) is 12.8 Å². The molecule has 0 aliphatic heterocycles. The van der Waals surface area contributed by atoms with Gasteiger partial charge in [-0.05, 0) is 46.3 Å². The molecule has 3 rings (SSSR count). The predicted molar refractivity (Wildman–Crippen MR) is 86.0 cm³/mol. The van der Waals surface area contributed by atoms with Crippen LogP contribution in [0.25, 0.3) is 5.65 Å². The van der Waals surface area contributed by atoms with Gasteiger partial charge in [0.25, 0.3) is 0 Å². The zero-order valence-corrected chi connectivity index (χ0v) is 14.2. The van der Waals surface area contributed by atoms with E-state index in [0.29, 0.717) is 17.9 Å². The van der Waals surface area contributed by atoms with Crippen molar-refractivity contribution in [3.8, 4) is 0 Å². The van der Waals surface area contributed by atoms with Gasteiger partial charge in [0.05, 0.1) is 4.90 Å². The smallest absolute Gasteiger partial charge is 0.241 e. The highest BCUT2D eigenvalue weighted by Crippen LogP contribution is 2.22. The molecule has 0 aliphatic carbocycles. The zero-order chi connectivity index (χ0) is 16.4. The van der Waals surface area contributed by atoms with Crippen LogP contribution in [-0.4, -0.2) is 29.6 Å². The fourth-order valence-electron chi connectivity index (χ4n) is 2.13. The summed E-state index contributed by atoms with van der Waals surface area (Å²) in [5.74, 6) is 0.146. The van der Waals surface area contributed by atoms with Crippen LogP contribution in [0.2, 0.25) is 0 Å². The molecule has 0 bridgehead atoms. The molecule has 0 saturated heterocycles. The summed E-state index contributed by atoms with van der Waals surface area (Å²) < 4.78 is 42.0. The number of hydrogen-bond acceptors (Lipinski definition) is 4. The molecule has 0 amide bonds. The van der Waals surface area contributed by atoms with Crippen molar-refractivity contribution in [2.75, 3.05) is 6.54 Å². The lowest BCUT2D eigenvalue weighted by atomic mass is 10.3. The van der Waals surface area contributed by atoms with E-state index >= 15 is 0 Å². The minimum absolute atomic E-state index is 0.00926. The minimum atomic E-state index is -3.74. The summed E-state index contributed by atoms with van der Waals surface area (Å²) in [4.78, 5) is -0.00926. The summed E-state index contributed by atoms with van der Waals surface area (Å²) in [5, 5.41) is 8.04. The van der Waals surface area contributed by atoms with Crippen molar-refractivity contribution in [2.45, 2.75) is 11.3 Å². The number of nitrogens with one attached hydrogen (secondary N) is 1. The van der Waals surface area contributed by atoms with Gasteiger partial charge in [-0.1, -0.05) is 6.07 Å². The van der Waals surface area contributed by atoms with Gasteiger partial charge in [-0.2, -0.15) is 0 Å². The first-order valence-corrected chi connectivity index (χ1v) is 8.98. The van der Waals surface area contributed by atoms with E-state index in [4.69, 9.17) is 0 Å². The van der Waals surface area contributed by atoms with Crippen LogP contribution in [0.4, 0.5) is 4.39 Å². The Hall–Kier alpha value is -1.84. The highest BCUT2D eigenvalue weighted by molar-refractivity contribution is 9.10. The molecule has 0 fully saturated rings. The molecular weight excluding hydrogens is 387 g/mol. The summed E-state index contributed by atoms with van der Waals surface area (Å²) in [6, 6.07) is 8.94. The lowest BCUT2D eigenvalue weighted by molar-refractivity contribution is 0.579. The molecule has 23 heavy (non-hydrogen) atoms. The molecule has 1 N–H and O–H groups in total. The van der Waals surface area contributed by atoms with Gasteiger partial charge in [-0.15, -0.1) is 10.2 Å². The highest BCUT2D eigenvalue weighted by Gasteiger charge is 2.18. The van der Waals surface area contributed by atoms with Crippen LogP contribution in [0.5, 0.6) is 0 Å². The fourth-order valence-corrected chi connectivity index (χ4v) is 4.21. The minimum Gasteiger partial charge on any atom is -0.286 e. The van der Waals surface area contributed by atoms with E-state index < -0.39 is 15.8 Å². The number of aromatic nitrogens is 3. The number of halogens is 2. The van der Waals surface area contributed by atoms with E-state index in [0.717, 1.165) is 12.1 Å². The molecule has 2 aromatic heterocycles. The molecule has 0 saturated carbocycles. The lowest BCUT2D eigenvalue weighted by Crippen LogP contribution is -2.26. The number of nitrogens with zero attached hydrogens (tertiary/aromatic N) is 3. The monoisotopic (exact) mass is 398 g/mol. The van der Waals surface area contributed by atoms with Gasteiger partial charge in [-0.25, -0.2) is 17.5 Å². The summed E-state index contributed by atoms with van der Waals surface area (Å²) >= 11 is 3.06. The third kappa shape index (κ3) is 3.41. The Morgan fingerprint density at radius 2 is 2.04 bits per heavy atom. The Kier molecular flexibility index (Phi) is 4.42. The molecule has 2 heterocycles. The number of hydrogen-bond donors (Lipinski definition) is 1. The van der Waals surface area contributed by atoms with Crippen molar-refractivity contribution in [3.05, 3.63) is 58.7 Å². The molecule has 0 spiro atoms. The summed E-state index contributed by atoms with van der Waals surface area (Å²) in [6.07, 6.45) is 2.19. The molecule has 0 aliphatic rings. The quantitative estimate of drug-likeness (QED) is 0.714. The summed E-state index contributed by atoms with van der Waals surface area (Å²) in [5.41, 5.74) is 0.701. The van der Waals surface area contributed by atoms with Crippen LogP contribution in [0.3, 0.4) is 0 Å². The average molecular weight is 399 g/mol. The largest absolute Gasteiger partial charge is 0.286 e. The first-order valence-electron chi connectivity index (χ1n) is 6.71. The molecular formula is C14H12BrFN4O2S. The number of rotatable bonds is 5. The number of fused-ring (bicyclic) bond motifs is 1. The Bertz CT molecular complexity index is 958. The van der Waals surface area contributed by atoms with Crippen molar-refractivity contribution in [2.24, 2.45) is 0 Å². The van der Waals surface area contributed by atoms with Crippen molar-refractivity contribution in [1.82, 2.24) is 19.3 Å². The van der Waals surface area contributed by atoms with E-state index in [-0.39, 0.29) is 15.9 Å². The first-order chi connectivity index (χ1) is 11.0. The predicted octanol–water partition coefficient (Wildman–Crippen LogP) is 2.15. The number of sulfonamides is 1. The molecule has 0 unspecified atom stereocenters. The first kappa shape index (κ1) is 16.0. The van der Waals surface area contributed by atoms with Crippen LogP contribution in [-0.2, 0) is 16.4 Å². The van der Waals surface area contributed by atoms with Gasteiger partial charge < -0.3 is 0 Å². The Morgan fingerprint density at radius 3 is 2.83 bits per heavy atom. The Labute approximate surface area is 140 Å². The van der Waals surface area contributed by atoms with Crippen LogP contribution < -0.4 is 4.72 Å². The van der Waals surface area contributed by atoms with E-state index in [1.807, 2.05) is 24.4 Å². The summed E-state index contributed by atoms with van der Waals surface area (Å²) in [6.45, 7) is 0.155. The molecule has 6 nitrogen and oxygen atoms in total. The summed E-state index contributed by atoms with van der Waals surface area (Å²) in [7, 11) is -3.74. The van der Waals surface area contributed by atoms with Crippen LogP contribution in [0, 0.1) is 5.82 Å². The molecule has 3 aromatic rings. The van der Waals surface area contributed by atoms with E-state index in [2.05, 4.69) is 30.8 Å². The fraction of sp³-hybridized carbons (Fsp3) is 0.143. The number of pyridine rings is 1. The van der Waals surface area contributed by atoms with Crippen LogP contribution in [0.1, 0.15) is 5.82 Å². The van der Waals surface area contributed by atoms with Gasteiger partial charge >= 0.3 is 0 Å². The van der Waals surface area contributed by atoms with Crippen molar-refractivity contribution in [3.63, 3.8) is 0 Å². The molecule has 9 heteroatoms. The maximum atomic E-state index is 13.1. The third-order valence-electron chi connectivity index (χ3n) is 3.21. The maximum absolute atomic E-state index is 13.1. The maximum Gasteiger partial charge on any atom is 0.241 e. The van der Waals surface area contributed by atoms with Crippen molar-refractivity contribution in [1.29, 1.82) is 0 Å². The molecule has 0 radical (unpaired) electrons. The zero-order valence-electron chi connectivity index (χ0n) is 11.8. The second-order valence-electron chi connectivity index (χ2n) is 4.77. The topological polar surface area (TPSA) is 76.4 Å². The second-order valence-corrected chi connectivity index (χ2v) is 7.36. The van der Waals surface area contributed by atoms with Gasteiger partial charge in [-0.3, -0.25) is 4.40 Å². The van der Waals surface area contributed by atoms with Gasteiger partial charge in [0.1, 0.15) is 11.6 Å². The number of benzene rings is 1. The van der Waals surface area contributed by atoms with E-state index in [1.54, 1.807) is 4.40 Å². The Balaban J connectivity index is 1.72. The average Bonchev–Trinajstić information content (AvgIpc) is 2.90. The van der Waals surface area contributed by atoms with Gasteiger partial charge in [0.2, 0.25) is 10.0 Å². The standard InChI is InChI=1S/C14H12BrFN4O2S/c15-11-9-10(16)4-5-12(11)23(21,22)17-7-6-14-19-18-13-3-1-2-8-20(13)14/h1-5,8-9,17H,6-7H2. The van der Waals surface area contributed by atoms with Crippen molar-refractivity contribution < 1.29 is 12.8 Å². The van der Waals surface area contributed by atoms with E-state index in [1.165, 1.54) is 6.07 Å². The van der Waals surface area contributed by atoms with Crippen LogP contribution >= 0.6 is 15.9 Å². The van der Waals surface area contributed by atoms with Crippen molar-refractivity contribution >= 4 is 31.6 Å². The van der Waals surface area contributed by atoms with Crippen LogP contribution in [0.15, 0.2) is 52.0 Å². The molecule has 0 atom stereocenters.